The fraction of sp³-hybridized carbons (Fsp3) is 0.667. The van der Waals surface area contributed by atoms with Gasteiger partial charge in [0.05, 0.1) is 0 Å². The van der Waals surface area contributed by atoms with E-state index in [0.29, 0.717) is 17.8 Å². The molecule has 0 radical (unpaired) electrons. The number of rotatable bonds is 4. The maximum absolute atomic E-state index is 6.36. The molecule has 0 aliphatic heterocycles. The molecule has 0 aromatic heterocycles. The Labute approximate surface area is 123 Å². The number of nitrogens with two attached hydrogens (primary N) is 1. The van der Waals surface area contributed by atoms with Crippen molar-refractivity contribution in [2.24, 2.45) is 17.6 Å². The van der Waals surface area contributed by atoms with Crippen LogP contribution in [0.3, 0.4) is 0 Å². The van der Waals surface area contributed by atoms with Crippen molar-refractivity contribution in [3.63, 3.8) is 0 Å². The zero-order chi connectivity index (χ0) is 14.7. The standard InChI is InChI=1S/C18H29NO/c1-5-13(3)15-8-6-7-9-17(15)20-18-14(4)10-12(2)11-16(18)19/h6-9,12-14,16,18H,5,10-11,19H2,1-4H3. The minimum absolute atomic E-state index is 0.149. The molecule has 1 aliphatic rings. The summed E-state index contributed by atoms with van der Waals surface area (Å²) >= 11 is 0. The highest BCUT2D eigenvalue weighted by atomic mass is 16.5. The Morgan fingerprint density at radius 3 is 2.60 bits per heavy atom. The lowest BCUT2D eigenvalue weighted by Crippen LogP contribution is -2.48. The quantitative estimate of drug-likeness (QED) is 0.887. The molecule has 5 unspecified atom stereocenters. The van der Waals surface area contributed by atoms with Crippen molar-refractivity contribution in [1.29, 1.82) is 0 Å². The lowest BCUT2D eigenvalue weighted by Gasteiger charge is -2.38. The fourth-order valence-electron chi connectivity index (χ4n) is 3.45. The first-order chi connectivity index (χ1) is 9.52. The summed E-state index contributed by atoms with van der Waals surface area (Å²) in [6.07, 6.45) is 3.56. The van der Waals surface area contributed by atoms with Gasteiger partial charge in [-0.3, -0.25) is 0 Å². The SMILES string of the molecule is CCC(C)c1ccccc1OC1C(C)CC(C)CC1N. The van der Waals surface area contributed by atoms with Crippen LogP contribution in [0, 0.1) is 11.8 Å². The van der Waals surface area contributed by atoms with Crippen molar-refractivity contribution < 1.29 is 4.74 Å². The summed E-state index contributed by atoms with van der Waals surface area (Å²) in [4.78, 5) is 0. The minimum Gasteiger partial charge on any atom is -0.488 e. The molecule has 1 aliphatic carbocycles. The van der Waals surface area contributed by atoms with E-state index in [2.05, 4.69) is 52.0 Å². The number of para-hydroxylation sites is 1. The van der Waals surface area contributed by atoms with Gasteiger partial charge in [0.15, 0.2) is 0 Å². The van der Waals surface area contributed by atoms with Gasteiger partial charge in [0.25, 0.3) is 0 Å². The van der Waals surface area contributed by atoms with Gasteiger partial charge in [-0.25, -0.2) is 0 Å². The minimum atomic E-state index is 0.149. The van der Waals surface area contributed by atoms with E-state index in [1.165, 1.54) is 12.0 Å². The molecule has 0 spiro atoms. The van der Waals surface area contributed by atoms with Crippen LogP contribution in [-0.2, 0) is 0 Å². The molecule has 1 aromatic carbocycles. The van der Waals surface area contributed by atoms with Crippen molar-refractivity contribution >= 4 is 0 Å². The van der Waals surface area contributed by atoms with Gasteiger partial charge in [-0.2, -0.15) is 0 Å². The van der Waals surface area contributed by atoms with Crippen LogP contribution in [0.5, 0.6) is 5.75 Å². The van der Waals surface area contributed by atoms with Crippen molar-refractivity contribution in [2.75, 3.05) is 0 Å². The molecule has 1 aromatic rings. The predicted molar refractivity (Wildman–Crippen MR) is 85.1 cm³/mol. The second-order valence-corrected chi connectivity index (χ2v) is 6.65. The summed E-state index contributed by atoms with van der Waals surface area (Å²) in [7, 11) is 0. The third-order valence-corrected chi connectivity index (χ3v) is 4.76. The number of benzene rings is 1. The first-order valence-corrected chi connectivity index (χ1v) is 8.04. The molecule has 0 heterocycles. The van der Waals surface area contributed by atoms with Crippen LogP contribution in [0.1, 0.15) is 58.4 Å². The van der Waals surface area contributed by atoms with E-state index in [1.54, 1.807) is 0 Å². The van der Waals surface area contributed by atoms with Gasteiger partial charge in [0.1, 0.15) is 11.9 Å². The zero-order valence-corrected chi connectivity index (χ0v) is 13.3. The summed E-state index contributed by atoms with van der Waals surface area (Å²) in [5.41, 5.74) is 7.65. The van der Waals surface area contributed by atoms with Crippen molar-refractivity contribution in [1.82, 2.24) is 0 Å². The number of hydrogen-bond donors (Lipinski definition) is 1. The van der Waals surface area contributed by atoms with Crippen LogP contribution in [0.2, 0.25) is 0 Å². The highest BCUT2D eigenvalue weighted by molar-refractivity contribution is 5.36. The first kappa shape index (κ1) is 15.4. The average Bonchev–Trinajstić information content (AvgIpc) is 2.42. The van der Waals surface area contributed by atoms with Crippen LogP contribution in [-0.4, -0.2) is 12.1 Å². The Balaban J connectivity index is 2.17. The molecular formula is C18H29NO. The molecule has 0 bridgehead atoms. The summed E-state index contributed by atoms with van der Waals surface area (Å²) in [5, 5.41) is 0. The molecule has 5 atom stereocenters. The van der Waals surface area contributed by atoms with Gasteiger partial charge >= 0.3 is 0 Å². The molecular weight excluding hydrogens is 246 g/mol. The summed E-state index contributed by atoms with van der Waals surface area (Å²) in [5.74, 6) is 2.80. The topological polar surface area (TPSA) is 35.2 Å². The van der Waals surface area contributed by atoms with E-state index in [1.807, 2.05) is 0 Å². The largest absolute Gasteiger partial charge is 0.488 e. The van der Waals surface area contributed by atoms with Gasteiger partial charge in [-0.05, 0) is 48.6 Å². The Kier molecular flexibility index (Phi) is 5.09. The second kappa shape index (κ2) is 6.62. The van der Waals surface area contributed by atoms with Crippen LogP contribution < -0.4 is 10.5 Å². The Bertz CT molecular complexity index is 419. The number of hydrogen-bond acceptors (Lipinski definition) is 2. The summed E-state index contributed by atoms with van der Waals surface area (Å²) in [6, 6.07) is 8.59. The van der Waals surface area contributed by atoms with E-state index in [9.17, 15) is 0 Å². The molecule has 0 amide bonds. The van der Waals surface area contributed by atoms with E-state index in [-0.39, 0.29) is 12.1 Å². The van der Waals surface area contributed by atoms with Crippen molar-refractivity contribution in [2.45, 2.75) is 65.0 Å². The fourth-order valence-corrected chi connectivity index (χ4v) is 3.45. The van der Waals surface area contributed by atoms with Crippen LogP contribution in [0.4, 0.5) is 0 Å². The average molecular weight is 275 g/mol. The van der Waals surface area contributed by atoms with Crippen LogP contribution in [0.15, 0.2) is 24.3 Å². The predicted octanol–water partition coefficient (Wildman–Crippen LogP) is 4.34. The maximum Gasteiger partial charge on any atom is 0.123 e. The van der Waals surface area contributed by atoms with Gasteiger partial charge in [0.2, 0.25) is 0 Å². The van der Waals surface area contributed by atoms with E-state index in [4.69, 9.17) is 10.5 Å². The summed E-state index contributed by atoms with van der Waals surface area (Å²) in [6.45, 7) is 9.04. The smallest absolute Gasteiger partial charge is 0.123 e. The number of ether oxygens (including phenoxy) is 1. The molecule has 0 saturated heterocycles. The molecule has 1 saturated carbocycles. The van der Waals surface area contributed by atoms with Gasteiger partial charge < -0.3 is 10.5 Å². The van der Waals surface area contributed by atoms with Crippen LogP contribution in [0.25, 0.3) is 0 Å². The van der Waals surface area contributed by atoms with Gasteiger partial charge in [-0.15, -0.1) is 0 Å². The van der Waals surface area contributed by atoms with E-state index in [0.717, 1.165) is 18.6 Å². The monoisotopic (exact) mass is 275 g/mol. The first-order valence-electron chi connectivity index (χ1n) is 8.04. The third-order valence-electron chi connectivity index (χ3n) is 4.76. The van der Waals surface area contributed by atoms with Gasteiger partial charge in [-0.1, -0.05) is 45.9 Å². The molecule has 2 nitrogen and oxygen atoms in total. The van der Waals surface area contributed by atoms with E-state index < -0.39 is 0 Å². The lowest BCUT2D eigenvalue weighted by molar-refractivity contribution is 0.0615. The Hall–Kier alpha value is -1.02. The van der Waals surface area contributed by atoms with Crippen molar-refractivity contribution in [3.05, 3.63) is 29.8 Å². The normalized spacial score (nSPS) is 31.9. The van der Waals surface area contributed by atoms with Gasteiger partial charge in [0, 0.05) is 6.04 Å². The Morgan fingerprint density at radius 2 is 1.95 bits per heavy atom. The highest BCUT2D eigenvalue weighted by Gasteiger charge is 2.33. The molecule has 20 heavy (non-hydrogen) atoms. The Morgan fingerprint density at radius 1 is 1.25 bits per heavy atom. The summed E-state index contributed by atoms with van der Waals surface area (Å²) < 4.78 is 6.36. The zero-order valence-electron chi connectivity index (χ0n) is 13.3. The molecule has 112 valence electrons. The van der Waals surface area contributed by atoms with Crippen molar-refractivity contribution in [3.8, 4) is 5.75 Å². The van der Waals surface area contributed by atoms with Crippen LogP contribution >= 0.6 is 0 Å². The molecule has 2 N–H and O–H groups in total. The lowest BCUT2D eigenvalue weighted by atomic mass is 9.78. The molecule has 1 fully saturated rings. The molecule has 2 heteroatoms. The second-order valence-electron chi connectivity index (χ2n) is 6.65. The third kappa shape index (κ3) is 3.35. The maximum atomic E-state index is 6.36. The molecule has 2 rings (SSSR count). The van der Waals surface area contributed by atoms with E-state index >= 15 is 0 Å². The highest BCUT2D eigenvalue weighted by Crippen LogP contribution is 2.34.